The van der Waals surface area contributed by atoms with E-state index in [4.69, 9.17) is 11.5 Å². The standard InChI is InChI=1S/C13H19N7/c14-8-1-3-9(4-2-8)18-13-16-6-5-11(19-13)10-7-17-20-12(10)15/h5-9H,1-4,14H2,(H3,15,17,20)(H,16,18,19). The highest BCUT2D eigenvalue weighted by molar-refractivity contribution is 5.70. The Morgan fingerprint density at radius 2 is 2.05 bits per heavy atom. The molecule has 106 valence electrons. The van der Waals surface area contributed by atoms with Gasteiger partial charge in [-0.3, -0.25) is 5.10 Å². The maximum absolute atomic E-state index is 5.91. The van der Waals surface area contributed by atoms with Crippen molar-refractivity contribution in [3.05, 3.63) is 18.5 Å². The molecule has 1 fully saturated rings. The number of hydrogen-bond acceptors (Lipinski definition) is 6. The number of nitrogens with zero attached hydrogens (tertiary/aromatic N) is 3. The number of aromatic amines is 1. The quantitative estimate of drug-likeness (QED) is 0.665. The van der Waals surface area contributed by atoms with E-state index in [1.807, 2.05) is 6.07 Å². The Morgan fingerprint density at radius 3 is 2.75 bits per heavy atom. The third-order valence-corrected chi connectivity index (χ3v) is 3.71. The summed E-state index contributed by atoms with van der Waals surface area (Å²) in [4.78, 5) is 8.76. The molecular formula is C13H19N7. The van der Waals surface area contributed by atoms with Gasteiger partial charge < -0.3 is 16.8 Å². The van der Waals surface area contributed by atoms with Gasteiger partial charge >= 0.3 is 0 Å². The summed E-state index contributed by atoms with van der Waals surface area (Å²) in [6.07, 6.45) is 7.61. The maximum atomic E-state index is 5.91. The smallest absolute Gasteiger partial charge is 0.223 e. The zero-order valence-corrected chi connectivity index (χ0v) is 11.2. The van der Waals surface area contributed by atoms with Crippen molar-refractivity contribution in [2.24, 2.45) is 5.73 Å². The van der Waals surface area contributed by atoms with E-state index in [1.165, 1.54) is 0 Å². The Labute approximate surface area is 117 Å². The molecule has 0 amide bonds. The van der Waals surface area contributed by atoms with E-state index < -0.39 is 0 Å². The fourth-order valence-corrected chi connectivity index (χ4v) is 2.52. The van der Waals surface area contributed by atoms with Crippen LogP contribution in [0.15, 0.2) is 18.5 Å². The van der Waals surface area contributed by atoms with Crippen LogP contribution in [0.25, 0.3) is 11.3 Å². The van der Waals surface area contributed by atoms with Crippen LogP contribution in [0.3, 0.4) is 0 Å². The number of anilines is 2. The minimum absolute atomic E-state index is 0.339. The molecule has 2 aromatic heterocycles. The van der Waals surface area contributed by atoms with Crippen LogP contribution in [0.4, 0.5) is 11.8 Å². The van der Waals surface area contributed by atoms with Crippen LogP contribution in [-0.2, 0) is 0 Å². The molecule has 0 atom stereocenters. The van der Waals surface area contributed by atoms with E-state index in [0.717, 1.165) is 36.9 Å². The Kier molecular flexibility index (Phi) is 3.51. The van der Waals surface area contributed by atoms with Gasteiger partial charge in [-0.25, -0.2) is 9.97 Å². The maximum Gasteiger partial charge on any atom is 0.223 e. The highest BCUT2D eigenvalue weighted by Crippen LogP contribution is 2.23. The van der Waals surface area contributed by atoms with E-state index in [1.54, 1.807) is 12.4 Å². The summed E-state index contributed by atoms with van der Waals surface area (Å²) in [6, 6.07) is 2.56. The van der Waals surface area contributed by atoms with Crippen molar-refractivity contribution in [2.75, 3.05) is 11.1 Å². The van der Waals surface area contributed by atoms with Crippen LogP contribution < -0.4 is 16.8 Å². The summed E-state index contributed by atoms with van der Waals surface area (Å²) in [6.45, 7) is 0. The van der Waals surface area contributed by atoms with Gasteiger partial charge in [0.25, 0.3) is 0 Å². The zero-order chi connectivity index (χ0) is 13.9. The Bertz CT molecular complexity index is 572. The van der Waals surface area contributed by atoms with Gasteiger partial charge in [0.15, 0.2) is 0 Å². The molecule has 0 spiro atoms. The lowest BCUT2D eigenvalue weighted by molar-refractivity contribution is 0.410. The summed E-state index contributed by atoms with van der Waals surface area (Å²) in [5.74, 6) is 1.14. The summed E-state index contributed by atoms with van der Waals surface area (Å²) in [5.41, 5.74) is 13.3. The second-order valence-electron chi connectivity index (χ2n) is 5.22. The predicted octanol–water partition coefficient (Wildman–Crippen LogP) is 1.13. The SMILES string of the molecule is Nc1[nH]ncc1-c1ccnc(NC2CCC(N)CC2)n1. The molecule has 7 nitrogen and oxygen atoms in total. The van der Waals surface area contributed by atoms with Gasteiger partial charge in [0.2, 0.25) is 5.95 Å². The topological polar surface area (TPSA) is 119 Å². The average molecular weight is 273 g/mol. The van der Waals surface area contributed by atoms with E-state index in [0.29, 0.717) is 23.8 Å². The van der Waals surface area contributed by atoms with Gasteiger partial charge in [-0.15, -0.1) is 0 Å². The molecule has 0 saturated heterocycles. The van der Waals surface area contributed by atoms with Crippen LogP contribution >= 0.6 is 0 Å². The lowest BCUT2D eigenvalue weighted by Crippen LogP contribution is -2.33. The molecule has 6 N–H and O–H groups in total. The average Bonchev–Trinajstić information content (AvgIpc) is 2.88. The van der Waals surface area contributed by atoms with Crippen molar-refractivity contribution < 1.29 is 0 Å². The highest BCUT2D eigenvalue weighted by atomic mass is 15.2. The molecule has 0 bridgehead atoms. The van der Waals surface area contributed by atoms with Gasteiger partial charge in [-0.1, -0.05) is 0 Å². The van der Waals surface area contributed by atoms with Crippen LogP contribution in [0.5, 0.6) is 0 Å². The molecule has 3 rings (SSSR count). The second kappa shape index (κ2) is 5.46. The lowest BCUT2D eigenvalue weighted by Gasteiger charge is -2.26. The molecule has 0 aromatic carbocycles. The summed E-state index contributed by atoms with van der Waals surface area (Å²) in [7, 11) is 0. The lowest BCUT2D eigenvalue weighted by atomic mass is 9.92. The Morgan fingerprint density at radius 1 is 1.25 bits per heavy atom. The number of nitrogens with two attached hydrogens (primary N) is 2. The van der Waals surface area contributed by atoms with Gasteiger partial charge in [0.1, 0.15) is 5.82 Å². The Hall–Kier alpha value is -2.15. The van der Waals surface area contributed by atoms with E-state index in [-0.39, 0.29) is 0 Å². The predicted molar refractivity (Wildman–Crippen MR) is 77.9 cm³/mol. The molecule has 0 unspecified atom stereocenters. The van der Waals surface area contributed by atoms with Crippen molar-refractivity contribution in [2.45, 2.75) is 37.8 Å². The first-order valence-corrected chi connectivity index (χ1v) is 6.87. The first kappa shape index (κ1) is 12.9. The van der Waals surface area contributed by atoms with Gasteiger partial charge in [0, 0.05) is 18.3 Å². The number of nitrogen functional groups attached to an aromatic ring is 1. The highest BCUT2D eigenvalue weighted by Gasteiger charge is 2.19. The largest absolute Gasteiger partial charge is 0.384 e. The monoisotopic (exact) mass is 273 g/mol. The van der Waals surface area contributed by atoms with Crippen molar-refractivity contribution in [3.63, 3.8) is 0 Å². The molecule has 0 radical (unpaired) electrons. The van der Waals surface area contributed by atoms with Gasteiger partial charge in [-0.05, 0) is 31.7 Å². The molecule has 2 aromatic rings. The molecule has 0 aliphatic heterocycles. The molecule has 7 heteroatoms. The van der Waals surface area contributed by atoms with E-state index in [9.17, 15) is 0 Å². The molecule has 1 aliphatic rings. The second-order valence-corrected chi connectivity index (χ2v) is 5.22. The molecule has 1 aliphatic carbocycles. The fraction of sp³-hybridized carbons (Fsp3) is 0.462. The van der Waals surface area contributed by atoms with Crippen LogP contribution in [-0.4, -0.2) is 32.2 Å². The third kappa shape index (κ3) is 2.72. The molecule has 20 heavy (non-hydrogen) atoms. The normalized spacial score (nSPS) is 22.6. The van der Waals surface area contributed by atoms with E-state index >= 15 is 0 Å². The third-order valence-electron chi connectivity index (χ3n) is 3.71. The number of H-pyrrole nitrogens is 1. The number of hydrogen-bond donors (Lipinski definition) is 4. The van der Waals surface area contributed by atoms with Crippen LogP contribution in [0.1, 0.15) is 25.7 Å². The first-order chi connectivity index (χ1) is 9.72. The minimum atomic E-state index is 0.339. The number of aromatic nitrogens is 4. The fourth-order valence-electron chi connectivity index (χ4n) is 2.52. The summed E-state index contributed by atoms with van der Waals surface area (Å²) in [5, 5.41) is 9.99. The van der Waals surface area contributed by atoms with Crippen LogP contribution in [0, 0.1) is 0 Å². The molecule has 1 saturated carbocycles. The number of nitrogens with one attached hydrogen (secondary N) is 2. The van der Waals surface area contributed by atoms with Gasteiger partial charge in [-0.2, -0.15) is 5.10 Å². The zero-order valence-electron chi connectivity index (χ0n) is 11.2. The first-order valence-electron chi connectivity index (χ1n) is 6.87. The minimum Gasteiger partial charge on any atom is -0.384 e. The summed E-state index contributed by atoms with van der Waals surface area (Å²) >= 11 is 0. The number of rotatable bonds is 3. The van der Waals surface area contributed by atoms with Crippen molar-refractivity contribution in [1.29, 1.82) is 0 Å². The van der Waals surface area contributed by atoms with Crippen molar-refractivity contribution in [1.82, 2.24) is 20.2 Å². The Balaban J connectivity index is 1.73. The van der Waals surface area contributed by atoms with Crippen molar-refractivity contribution >= 4 is 11.8 Å². The molecule has 2 heterocycles. The van der Waals surface area contributed by atoms with Crippen molar-refractivity contribution in [3.8, 4) is 11.3 Å². The van der Waals surface area contributed by atoms with Gasteiger partial charge in [0.05, 0.1) is 17.5 Å². The molecular weight excluding hydrogens is 254 g/mol. The van der Waals surface area contributed by atoms with E-state index in [2.05, 4.69) is 25.5 Å². The summed E-state index contributed by atoms with van der Waals surface area (Å²) < 4.78 is 0. The van der Waals surface area contributed by atoms with Crippen LogP contribution in [0.2, 0.25) is 0 Å².